The number of allylic oxidation sites excluding steroid dienone is 2. The van der Waals surface area contributed by atoms with Gasteiger partial charge in [0.25, 0.3) is 0 Å². The van der Waals surface area contributed by atoms with Crippen molar-refractivity contribution in [1.82, 2.24) is 15.5 Å². The van der Waals surface area contributed by atoms with Gasteiger partial charge in [-0.25, -0.2) is 4.39 Å². The summed E-state index contributed by atoms with van der Waals surface area (Å²) in [6.45, 7) is 4.46. The second-order valence-electron chi connectivity index (χ2n) is 11.8. The number of nitrogens with two attached hydrogens (primary N) is 1. The number of hydrogen-bond donors (Lipinski definition) is 3. The Morgan fingerprint density at radius 2 is 1.89 bits per heavy atom. The number of alkyl halides is 4. The fourth-order valence-electron chi connectivity index (χ4n) is 7.01. The zero-order chi connectivity index (χ0) is 28.4. The minimum Gasteiger partial charge on any atom is -0.368 e. The molecule has 0 aromatic heterocycles. The van der Waals surface area contributed by atoms with Crippen molar-refractivity contribution < 1.29 is 36.7 Å². The molecular formula is C25H31F4N5O4. The maximum absolute atomic E-state index is 15.3. The van der Waals surface area contributed by atoms with Crippen molar-refractivity contribution in [3.05, 3.63) is 12.2 Å². The lowest BCUT2D eigenvalue weighted by Gasteiger charge is -2.46. The van der Waals surface area contributed by atoms with Crippen molar-refractivity contribution in [3.8, 4) is 6.07 Å². The molecule has 2 aliphatic heterocycles. The third kappa shape index (κ3) is 4.12. The van der Waals surface area contributed by atoms with Gasteiger partial charge in [0, 0.05) is 36.8 Å². The van der Waals surface area contributed by atoms with Crippen LogP contribution in [0.2, 0.25) is 0 Å². The quantitative estimate of drug-likeness (QED) is 0.342. The number of hydrogen-bond acceptors (Lipinski definition) is 5. The summed E-state index contributed by atoms with van der Waals surface area (Å²) in [6, 6.07) is 0.299. The van der Waals surface area contributed by atoms with Gasteiger partial charge in [0.05, 0.1) is 12.0 Å². The van der Waals surface area contributed by atoms with Crippen molar-refractivity contribution in [3.63, 3.8) is 0 Å². The molecule has 4 amide bonds. The molecule has 2 heterocycles. The highest BCUT2D eigenvalue weighted by molar-refractivity contribution is 5.97. The van der Waals surface area contributed by atoms with Crippen LogP contribution in [0.4, 0.5) is 17.6 Å². The standard InChI is InChI=1S/C25H31F4N5O4/c1-23(2,3)18(33-22(38)25(27,28)29)20(36)34-10-15-13-4-5-14(17(13)26)16(15)24(34,21(31)37)12(9-30)8-11-6-7-32-19(11)35/h4-5,11-18H,6-8,10H2,1-3H3,(H2,31,37)(H,32,35)(H,33,38)/t11-,12-,13?,14?,15?,16?,17?,18-,24?/m1/s1. The van der Waals surface area contributed by atoms with Crippen LogP contribution in [0.3, 0.4) is 0 Å². The molecule has 4 N–H and O–H groups in total. The van der Waals surface area contributed by atoms with Gasteiger partial charge in [-0.15, -0.1) is 0 Å². The normalized spacial score (nSPS) is 35.4. The molecule has 0 aromatic carbocycles. The number of fused-ring (bicyclic) bond motifs is 5. The average molecular weight is 542 g/mol. The predicted molar refractivity (Wildman–Crippen MR) is 124 cm³/mol. The third-order valence-corrected chi connectivity index (χ3v) is 8.69. The first-order valence-corrected chi connectivity index (χ1v) is 12.6. The Bertz CT molecular complexity index is 1110. The number of amides is 4. The summed E-state index contributed by atoms with van der Waals surface area (Å²) in [5.74, 6) is -9.84. The van der Waals surface area contributed by atoms with E-state index in [1.54, 1.807) is 17.5 Å². The summed E-state index contributed by atoms with van der Waals surface area (Å²) in [4.78, 5) is 52.8. The van der Waals surface area contributed by atoms with Crippen LogP contribution in [0.15, 0.2) is 12.2 Å². The second-order valence-corrected chi connectivity index (χ2v) is 11.8. The summed E-state index contributed by atoms with van der Waals surface area (Å²) in [5.41, 5.74) is 2.62. The van der Waals surface area contributed by atoms with Crippen LogP contribution in [0.5, 0.6) is 0 Å². The fraction of sp³-hybridized carbons (Fsp3) is 0.720. The summed E-state index contributed by atoms with van der Waals surface area (Å²) in [6.07, 6.45) is -3.19. The van der Waals surface area contributed by atoms with Crippen molar-refractivity contribution in [2.75, 3.05) is 13.1 Å². The first-order chi connectivity index (χ1) is 17.6. The van der Waals surface area contributed by atoms with Crippen molar-refractivity contribution in [1.29, 1.82) is 5.26 Å². The zero-order valence-corrected chi connectivity index (χ0v) is 21.2. The van der Waals surface area contributed by atoms with Gasteiger partial charge in [0.15, 0.2) is 0 Å². The lowest BCUT2D eigenvalue weighted by molar-refractivity contribution is -0.176. The average Bonchev–Trinajstić information content (AvgIpc) is 3.54. The molecule has 38 heavy (non-hydrogen) atoms. The maximum Gasteiger partial charge on any atom is 0.471 e. The molecule has 0 spiro atoms. The molecule has 0 aromatic rings. The minimum absolute atomic E-state index is 0.147. The first kappa shape index (κ1) is 27.9. The van der Waals surface area contributed by atoms with Crippen LogP contribution in [-0.2, 0) is 19.2 Å². The number of rotatable bonds is 6. The third-order valence-electron chi connectivity index (χ3n) is 8.69. The molecule has 1 saturated carbocycles. The van der Waals surface area contributed by atoms with Crippen LogP contribution in [0, 0.1) is 52.3 Å². The minimum atomic E-state index is -5.28. The van der Waals surface area contributed by atoms with E-state index in [2.05, 4.69) is 5.32 Å². The van der Waals surface area contributed by atoms with Crippen molar-refractivity contribution in [2.24, 2.45) is 46.7 Å². The highest BCUT2D eigenvalue weighted by Crippen LogP contribution is 2.61. The van der Waals surface area contributed by atoms with E-state index in [1.807, 2.05) is 6.07 Å². The van der Waals surface area contributed by atoms with Gasteiger partial charge < -0.3 is 21.3 Å². The summed E-state index contributed by atoms with van der Waals surface area (Å²) >= 11 is 0. The molecule has 4 aliphatic rings. The van der Waals surface area contributed by atoms with Gasteiger partial charge >= 0.3 is 12.1 Å². The number of primary amides is 1. The van der Waals surface area contributed by atoms with E-state index >= 15 is 4.39 Å². The van der Waals surface area contributed by atoms with E-state index in [1.165, 1.54) is 20.8 Å². The monoisotopic (exact) mass is 541 g/mol. The molecule has 3 fully saturated rings. The molecule has 2 saturated heterocycles. The molecule has 13 heteroatoms. The molecule has 2 aliphatic carbocycles. The van der Waals surface area contributed by atoms with Crippen LogP contribution < -0.4 is 16.4 Å². The lowest BCUT2D eigenvalue weighted by atomic mass is 9.65. The Balaban J connectivity index is 1.83. The maximum atomic E-state index is 15.3. The summed E-state index contributed by atoms with van der Waals surface area (Å²) in [5, 5.41) is 14.7. The Kier molecular flexibility index (Phi) is 6.77. The molecule has 0 radical (unpaired) electrons. The first-order valence-electron chi connectivity index (χ1n) is 12.6. The van der Waals surface area contributed by atoms with Crippen molar-refractivity contribution >= 4 is 23.6 Å². The molecule has 2 bridgehead atoms. The Morgan fingerprint density at radius 3 is 2.39 bits per heavy atom. The van der Waals surface area contributed by atoms with Gasteiger partial charge in [-0.05, 0) is 24.2 Å². The van der Waals surface area contributed by atoms with Crippen LogP contribution in [0.1, 0.15) is 33.6 Å². The smallest absolute Gasteiger partial charge is 0.368 e. The van der Waals surface area contributed by atoms with Gasteiger partial charge in [-0.3, -0.25) is 19.2 Å². The largest absolute Gasteiger partial charge is 0.471 e. The Morgan fingerprint density at radius 1 is 1.26 bits per heavy atom. The Hall–Kier alpha value is -3.17. The number of nitriles is 1. The number of nitrogens with zero attached hydrogens (tertiary/aromatic N) is 2. The van der Waals surface area contributed by atoms with Crippen molar-refractivity contribution in [2.45, 2.75) is 57.5 Å². The zero-order valence-electron chi connectivity index (χ0n) is 21.2. The van der Waals surface area contributed by atoms with E-state index in [9.17, 15) is 37.6 Å². The van der Waals surface area contributed by atoms with Crippen LogP contribution >= 0.6 is 0 Å². The van der Waals surface area contributed by atoms with E-state index < -0.39 is 82.6 Å². The molecule has 9 atom stereocenters. The number of nitrogens with one attached hydrogen (secondary N) is 2. The molecule has 9 nitrogen and oxygen atoms in total. The van der Waals surface area contributed by atoms with E-state index in [0.29, 0.717) is 13.0 Å². The number of carbonyl (C=O) groups is 4. The SMILES string of the molecule is CC(C)(C)[C@H](NC(=O)C(F)(F)F)C(=O)N1CC2C3C=CC(C3F)C2C1(C(N)=O)[C@@H](C#N)C[C@H]1CCNC1=O. The molecular weight excluding hydrogens is 510 g/mol. The number of likely N-dealkylation sites (tertiary alicyclic amines) is 1. The van der Waals surface area contributed by atoms with Gasteiger partial charge in [0.2, 0.25) is 17.7 Å². The van der Waals surface area contributed by atoms with Crippen LogP contribution in [0.25, 0.3) is 0 Å². The predicted octanol–water partition coefficient (Wildman–Crippen LogP) is 1.20. The molecule has 4 rings (SSSR count). The topological polar surface area (TPSA) is 145 Å². The van der Waals surface area contributed by atoms with E-state index in [-0.39, 0.29) is 18.9 Å². The highest BCUT2D eigenvalue weighted by Gasteiger charge is 2.72. The second kappa shape index (κ2) is 9.24. The van der Waals surface area contributed by atoms with Gasteiger partial charge in [-0.1, -0.05) is 32.9 Å². The van der Waals surface area contributed by atoms with Crippen LogP contribution in [-0.4, -0.2) is 65.5 Å². The fourth-order valence-corrected chi connectivity index (χ4v) is 7.01. The molecule has 208 valence electrons. The van der Waals surface area contributed by atoms with Gasteiger partial charge in [-0.2, -0.15) is 18.4 Å². The molecule has 6 unspecified atom stereocenters. The summed E-state index contributed by atoms with van der Waals surface area (Å²) in [7, 11) is 0. The number of carbonyl (C=O) groups excluding carboxylic acids is 4. The van der Waals surface area contributed by atoms with Gasteiger partial charge in [0.1, 0.15) is 17.8 Å². The summed E-state index contributed by atoms with van der Waals surface area (Å²) < 4.78 is 54.8. The number of halogens is 4. The van der Waals surface area contributed by atoms with E-state index in [0.717, 1.165) is 4.90 Å². The van der Waals surface area contributed by atoms with E-state index in [4.69, 9.17) is 5.73 Å². The lowest BCUT2D eigenvalue weighted by Crippen LogP contribution is -2.68. The highest BCUT2D eigenvalue weighted by atomic mass is 19.4. The Labute approximate surface area is 217 Å².